The van der Waals surface area contributed by atoms with Crippen LogP contribution in [0.4, 0.5) is 16.0 Å². The van der Waals surface area contributed by atoms with Crippen molar-refractivity contribution in [1.82, 2.24) is 24.6 Å². The average molecular weight is 434 g/mol. The van der Waals surface area contributed by atoms with Crippen molar-refractivity contribution in [3.05, 3.63) is 23.9 Å². The molecule has 0 radical (unpaired) electrons. The first-order chi connectivity index (χ1) is 14.2. The van der Waals surface area contributed by atoms with Gasteiger partial charge in [0.2, 0.25) is 17.7 Å². The lowest BCUT2D eigenvalue weighted by Crippen LogP contribution is -2.37. The molecule has 0 aliphatic carbocycles. The molecule has 2 aromatic rings. The van der Waals surface area contributed by atoms with E-state index < -0.39 is 11.4 Å². The Morgan fingerprint density at radius 3 is 2.93 bits per heavy atom. The Balaban J connectivity index is 1.65. The first kappa shape index (κ1) is 21.8. The summed E-state index contributed by atoms with van der Waals surface area (Å²) in [6.07, 6.45) is 3.51. The van der Waals surface area contributed by atoms with Crippen LogP contribution in [0.15, 0.2) is 12.4 Å². The van der Waals surface area contributed by atoms with Gasteiger partial charge in [-0.2, -0.15) is 19.7 Å². The van der Waals surface area contributed by atoms with Gasteiger partial charge < -0.3 is 15.0 Å². The van der Waals surface area contributed by atoms with Gasteiger partial charge in [0.05, 0.1) is 35.7 Å². The van der Waals surface area contributed by atoms with E-state index in [0.717, 1.165) is 12.6 Å². The Morgan fingerprint density at radius 1 is 1.53 bits per heavy atom. The quantitative estimate of drug-likeness (QED) is 0.741. The number of hydrogen-bond acceptors (Lipinski definition) is 8. The fourth-order valence-corrected chi connectivity index (χ4v) is 3.89. The van der Waals surface area contributed by atoms with E-state index in [4.69, 9.17) is 4.74 Å². The lowest BCUT2D eigenvalue weighted by atomic mass is 10.1. The van der Waals surface area contributed by atoms with Crippen LogP contribution in [0.2, 0.25) is 0 Å². The van der Waals surface area contributed by atoms with Gasteiger partial charge in [-0.15, -0.1) is 11.8 Å². The van der Waals surface area contributed by atoms with E-state index >= 15 is 0 Å². The number of aryl methyl sites for hydroxylation is 1. The minimum atomic E-state index is -0.807. The zero-order valence-electron chi connectivity index (χ0n) is 17.3. The lowest BCUT2D eigenvalue weighted by Gasteiger charge is -2.30. The van der Waals surface area contributed by atoms with E-state index in [-0.39, 0.29) is 29.6 Å². The van der Waals surface area contributed by atoms with Gasteiger partial charge in [-0.3, -0.25) is 9.48 Å². The molecule has 1 unspecified atom stereocenters. The number of carbonyl (C=O) groups excluding carboxylic acids is 1. The zero-order valence-corrected chi connectivity index (χ0v) is 18.2. The summed E-state index contributed by atoms with van der Waals surface area (Å²) >= 11 is 1.60. The largest absolute Gasteiger partial charge is 0.474 e. The summed E-state index contributed by atoms with van der Waals surface area (Å²) in [7, 11) is 0. The highest BCUT2D eigenvalue weighted by atomic mass is 32.2. The van der Waals surface area contributed by atoms with Crippen LogP contribution in [0.25, 0.3) is 0 Å². The number of amides is 1. The number of hydrogen-bond donors (Lipinski definition) is 1. The summed E-state index contributed by atoms with van der Waals surface area (Å²) in [5.74, 6) is 0.0402. The van der Waals surface area contributed by atoms with Gasteiger partial charge in [-0.05, 0) is 27.2 Å². The van der Waals surface area contributed by atoms with Crippen molar-refractivity contribution in [3.63, 3.8) is 0 Å². The van der Waals surface area contributed by atoms with E-state index in [1.165, 1.54) is 0 Å². The van der Waals surface area contributed by atoms with Crippen molar-refractivity contribution >= 4 is 29.3 Å². The molecule has 1 amide bonds. The van der Waals surface area contributed by atoms with Crippen LogP contribution in [0.5, 0.6) is 5.88 Å². The van der Waals surface area contributed by atoms with Crippen LogP contribution in [0.1, 0.15) is 32.9 Å². The van der Waals surface area contributed by atoms with Gasteiger partial charge >= 0.3 is 0 Å². The third-order valence-corrected chi connectivity index (χ3v) is 6.05. The molecule has 3 rings (SSSR count). The Labute approximate surface area is 178 Å². The standard InChI is InChI=1S/C19H24FN7O2S/c1-12-16(8-27(25-12)19(3,4)10-21)23-18-22-7-15(20)17(24-18)29-9-14-5-6-26(11-30-14)13(2)28/h7-8,14H,5-6,9,11H2,1-4H3,(H,22,23,24). The second-order valence-electron chi connectivity index (χ2n) is 7.52. The molecule has 0 saturated carbocycles. The SMILES string of the molecule is CC(=O)N1CCC(COc2nc(Nc3cn(C(C)(C)C#N)nc3C)ncc2F)SC1. The molecule has 2 aromatic heterocycles. The van der Waals surface area contributed by atoms with E-state index in [2.05, 4.69) is 26.5 Å². The zero-order chi connectivity index (χ0) is 21.9. The molecule has 30 heavy (non-hydrogen) atoms. The molecule has 0 aromatic carbocycles. The minimum absolute atomic E-state index is 0.0520. The first-order valence-corrected chi connectivity index (χ1v) is 10.5. The highest BCUT2D eigenvalue weighted by Gasteiger charge is 2.24. The normalized spacial score (nSPS) is 16.8. The smallest absolute Gasteiger partial charge is 0.255 e. The highest BCUT2D eigenvalue weighted by Crippen LogP contribution is 2.26. The Morgan fingerprint density at radius 2 is 2.30 bits per heavy atom. The van der Waals surface area contributed by atoms with Crippen LogP contribution in [-0.4, -0.2) is 54.8 Å². The molecule has 9 nitrogen and oxygen atoms in total. The molecule has 1 aliphatic rings. The van der Waals surface area contributed by atoms with E-state index in [1.54, 1.807) is 55.2 Å². The van der Waals surface area contributed by atoms with Crippen molar-refractivity contribution in [3.8, 4) is 11.9 Å². The number of nitrogens with zero attached hydrogens (tertiary/aromatic N) is 6. The molecule has 1 fully saturated rings. The predicted molar refractivity (Wildman–Crippen MR) is 111 cm³/mol. The van der Waals surface area contributed by atoms with Crippen LogP contribution in [0, 0.1) is 24.1 Å². The molecular weight excluding hydrogens is 409 g/mol. The molecule has 160 valence electrons. The van der Waals surface area contributed by atoms with E-state index in [9.17, 15) is 14.4 Å². The maximum atomic E-state index is 14.1. The number of carbonyl (C=O) groups is 1. The van der Waals surface area contributed by atoms with Crippen molar-refractivity contribution in [2.75, 3.05) is 24.3 Å². The second-order valence-corrected chi connectivity index (χ2v) is 8.77. The second kappa shape index (κ2) is 8.87. The Kier molecular flexibility index (Phi) is 6.45. The summed E-state index contributed by atoms with van der Waals surface area (Å²) in [6, 6.07) is 2.18. The minimum Gasteiger partial charge on any atom is -0.474 e. The first-order valence-electron chi connectivity index (χ1n) is 9.47. The number of ether oxygens (including phenoxy) is 1. The van der Waals surface area contributed by atoms with Gasteiger partial charge in [0.1, 0.15) is 12.1 Å². The number of thioether (sulfide) groups is 1. The summed E-state index contributed by atoms with van der Waals surface area (Å²) in [5.41, 5.74) is 0.462. The number of aromatic nitrogens is 4. The Hall–Kier alpha value is -2.87. The third kappa shape index (κ3) is 4.99. The third-order valence-electron chi connectivity index (χ3n) is 4.74. The molecule has 11 heteroatoms. The van der Waals surface area contributed by atoms with Gasteiger partial charge in [-0.1, -0.05) is 0 Å². The van der Waals surface area contributed by atoms with E-state index in [1.807, 2.05) is 0 Å². The number of nitriles is 1. The predicted octanol–water partition coefficient (Wildman–Crippen LogP) is 2.81. The summed E-state index contributed by atoms with van der Waals surface area (Å²) in [5, 5.41) is 16.8. The van der Waals surface area contributed by atoms with Crippen molar-refractivity contribution < 1.29 is 13.9 Å². The summed E-state index contributed by atoms with van der Waals surface area (Å²) in [6.45, 7) is 7.80. The van der Waals surface area contributed by atoms with Crippen molar-refractivity contribution in [2.24, 2.45) is 0 Å². The van der Waals surface area contributed by atoms with Gasteiger partial charge in [0, 0.05) is 18.7 Å². The molecule has 0 spiro atoms. The molecule has 1 atom stereocenters. The average Bonchev–Trinajstić information content (AvgIpc) is 3.09. The molecule has 1 aliphatic heterocycles. The molecular formula is C19H24FN7O2S. The molecule has 1 N–H and O–H groups in total. The van der Waals surface area contributed by atoms with Crippen molar-refractivity contribution in [1.29, 1.82) is 5.26 Å². The molecule has 3 heterocycles. The number of halogens is 1. The molecule has 1 saturated heterocycles. The summed E-state index contributed by atoms with van der Waals surface area (Å²) < 4.78 is 21.3. The number of anilines is 2. The fraction of sp³-hybridized carbons (Fsp3) is 0.526. The van der Waals surface area contributed by atoms with Crippen LogP contribution >= 0.6 is 11.8 Å². The topological polar surface area (TPSA) is 109 Å². The van der Waals surface area contributed by atoms with Crippen LogP contribution in [0.3, 0.4) is 0 Å². The van der Waals surface area contributed by atoms with Gasteiger partial charge in [0.25, 0.3) is 5.88 Å². The van der Waals surface area contributed by atoms with E-state index in [0.29, 0.717) is 23.8 Å². The van der Waals surface area contributed by atoms with Gasteiger partial charge in [-0.25, -0.2) is 4.98 Å². The van der Waals surface area contributed by atoms with Gasteiger partial charge in [0.15, 0.2) is 0 Å². The number of rotatable bonds is 6. The Bertz CT molecular complexity index is 964. The fourth-order valence-electron chi connectivity index (χ4n) is 2.75. The molecule has 0 bridgehead atoms. The van der Waals surface area contributed by atoms with Crippen molar-refractivity contribution in [2.45, 2.75) is 44.9 Å². The van der Waals surface area contributed by atoms with Crippen LogP contribution < -0.4 is 10.1 Å². The lowest BCUT2D eigenvalue weighted by molar-refractivity contribution is -0.128. The number of nitrogens with one attached hydrogen (secondary N) is 1. The summed E-state index contributed by atoms with van der Waals surface area (Å²) in [4.78, 5) is 21.3. The maximum Gasteiger partial charge on any atom is 0.255 e. The highest BCUT2D eigenvalue weighted by molar-refractivity contribution is 7.99. The maximum absolute atomic E-state index is 14.1. The van der Waals surface area contributed by atoms with Crippen LogP contribution in [-0.2, 0) is 10.3 Å². The monoisotopic (exact) mass is 433 g/mol.